The highest BCUT2D eigenvalue weighted by Gasteiger charge is 2.39. The third-order valence-electron chi connectivity index (χ3n) is 5.06. The van der Waals surface area contributed by atoms with Gasteiger partial charge in [-0.3, -0.25) is 4.98 Å². The zero-order valence-corrected chi connectivity index (χ0v) is 14.2. The van der Waals surface area contributed by atoms with Crippen molar-refractivity contribution in [2.75, 3.05) is 0 Å². The Bertz CT molecular complexity index is 1110. The monoisotopic (exact) mass is 323 g/mol. The topological polar surface area (TPSA) is 38.7 Å². The second-order valence-electron chi connectivity index (χ2n) is 7.02. The van der Waals surface area contributed by atoms with Crippen molar-refractivity contribution in [3.05, 3.63) is 78.1 Å². The largest absolute Gasteiger partial charge is 0.256 e. The van der Waals surface area contributed by atoms with Crippen LogP contribution in [-0.2, 0) is 5.41 Å². The Kier molecular flexibility index (Phi) is 2.84. The average molecular weight is 323 g/mol. The molecule has 4 aromatic rings. The highest BCUT2D eigenvalue weighted by atomic mass is 14.9. The van der Waals surface area contributed by atoms with E-state index in [-0.39, 0.29) is 5.41 Å². The van der Waals surface area contributed by atoms with Crippen LogP contribution in [0.3, 0.4) is 0 Å². The van der Waals surface area contributed by atoms with Crippen LogP contribution >= 0.6 is 0 Å². The van der Waals surface area contributed by atoms with Gasteiger partial charge < -0.3 is 0 Å². The fraction of sp³-hybridized carbons (Fsp3) is 0.136. The van der Waals surface area contributed by atoms with E-state index in [4.69, 9.17) is 15.0 Å². The highest BCUT2D eigenvalue weighted by Crippen LogP contribution is 2.47. The Morgan fingerprint density at radius 2 is 1.48 bits per heavy atom. The van der Waals surface area contributed by atoms with E-state index in [1.54, 1.807) is 0 Å². The smallest absolute Gasteiger partial charge is 0.0938 e. The molecule has 0 amide bonds. The first kappa shape index (κ1) is 14.3. The van der Waals surface area contributed by atoms with Gasteiger partial charge >= 0.3 is 0 Å². The van der Waals surface area contributed by atoms with E-state index in [2.05, 4.69) is 32.0 Å². The van der Waals surface area contributed by atoms with Crippen LogP contribution in [0, 0.1) is 0 Å². The molecule has 3 heteroatoms. The predicted molar refractivity (Wildman–Crippen MR) is 100 cm³/mol. The number of rotatable bonds is 1. The number of para-hydroxylation sites is 2. The van der Waals surface area contributed by atoms with Crippen molar-refractivity contribution in [2.24, 2.45) is 0 Å². The molecular formula is C22H17N3. The molecule has 25 heavy (non-hydrogen) atoms. The quantitative estimate of drug-likeness (QED) is 0.495. The second-order valence-corrected chi connectivity index (χ2v) is 7.02. The van der Waals surface area contributed by atoms with Crippen molar-refractivity contribution in [1.29, 1.82) is 0 Å². The van der Waals surface area contributed by atoms with E-state index >= 15 is 0 Å². The van der Waals surface area contributed by atoms with Gasteiger partial charge in [-0.2, -0.15) is 0 Å². The molecule has 2 aromatic heterocycles. The van der Waals surface area contributed by atoms with Crippen molar-refractivity contribution in [2.45, 2.75) is 19.3 Å². The van der Waals surface area contributed by atoms with Crippen molar-refractivity contribution in [3.63, 3.8) is 0 Å². The van der Waals surface area contributed by atoms with Crippen LogP contribution < -0.4 is 0 Å². The fourth-order valence-electron chi connectivity index (χ4n) is 3.67. The SMILES string of the molecule is CC1(C)c2cnc(-c3ccccc3)cc2-c2nc3ccccc3nc21. The lowest BCUT2D eigenvalue weighted by Crippen LogP contribution is -2.17. The molecule has 0 radical (unpaired) electrons. The summed E-state index contributed by atoms with van der Waals surface area (Å²) in [4.78, 5) is 14.6. The summed E-state index contributed by atoms with van der Waals surface area (Å²) in [5, 5.41) is 0. The fourth-order valence-corrected chi connectivity index (χ4v) is 3.67. The Morgan fingerprint density at radius 1 is 0.800 bits per heavy atom. The molecule has 0 saturated heterocycles. The van der Waals surface area contributed by atoms with E-state index < -0.39 is 0 Å². The molecule has 0 saturated carbocycles. The Balaban J connectivity index is 1.79. The van der Waals surface area contributed by atoms with E-state index in [0.717, 1.165) is 39.2 Å². The molecule has 0 atom stereocenters. The Labute approximate surface area is 146 Å². The molecule has 0 N–H and O–H groups in total. The number of hydrogen-bond acceptors (Lipinski definition) is 3. The normalized spacial score (nSPS) is 14.3. The Morgan fingerprint density at radius 3 is 2.24 bits per heavy atom. The molecule has 5 rings (SSSR count). The molecule has 0 aliphatic heterocycles. The zero-order valence-electron chi connectivity index (χ0n) is 14.2. The summed E-state index contributed by atoms with van der Waals surface area (Å²) in [7, 11) is 0. The number of hydrogen-bond donors (Lipinski definition) is 0. The lowest BCUT2D eigenvalue weighted by atomic mass is 9.86. The zero-order chi connectivity index (χ0) is 17.0. The third kappa shape index (κ3) is 2.02. The highest BCUT2D eigenvalue weighted by molar-refractivity contribution is 5.85. The number of aromatic nitrogens is 3. The van der Waals surface area contributed by atoms with Crippen LogP contribution in [0.25, 0.3) is 33.5 Å². The van der Waals surface area contributed by atoms with Gasteiger partial charge in [0.15, 0.2) is 0 Å². The van der Waals surface area contributed by atoms with Crippen molar-refractivity contribution in [3.8, 4) is 22.5 Å². The minimum absolute atomic E-state index is 0.191. The summed E-state index contributed by atoms with van der Waals surface area (Å²) < 4.78 is 0. The summed E-state index contributed by atoms with van der Waals surface area (Å²) in [6, 6.07) is 20.5. The molecule has 0 unspecified atom stereocenters. The maximum Gasteiger partial charge on any atom is 0.0938 e. The van der Waals surface area contributed by atoms with Gasteiger partial charge in [0.25, 0.3) is 0 Å². The van der Waals surface area contributed by atoms with Crippen LogP contribution in [0.2, 0.25) is 0 Å². The van der Waals surface area contributed by atoms with Crippen LogP contribution in [0.1, 0.15) is 25.1 Å². The Hall–Kier alpha value is -3.07. The number of pyridine rings is 1. The summed E-state index contributed by atoms with van der Waals surface area (Å²) in [6.07, 6.45) is 1.99. The molecule has 120 valence electrons. The summed E-state index contributed by atoms with van der Waals surface area (Å²) in [5.74, 6) is 0. The van der Waals surface area contributed by atoms with Gasteiger partial charge in [-0.05, 0) is 37.6 Å². The standard InChI is InChI=1S/C22H17N3/c1-22(2)16-13-23-19(14-8-4-3-5-9-14)12-15(16)20-21(22)25-18-11-7-6-10-17(18)24-20/h3-13H,1-2H3. The predicted octanol–water partition coefficient (Wildman–Crippen LogP) is 5.00. The number of benzene rings is 2. The lowest BCUT2D eigenvalue weighted by molar-refractivity contribution is 0.635. The van der Waals surface area contributed by atoms with Gasteiger partial charge in [-0.15, -0.1) is 0 Å². The molecule has 2 heterocycles. The molecule has 0 bridgehead atoms. The minimum atomic E-state index is -0.191. The van der Waals surface area contributed by atoms with Crippen LogP contribution in [0.4, 0.5) is 0 Å². The van der Waals surface area contributed by atoms with Crippen LogP contribution in [0.15, 0.2) is 66.9 Å². The van der Waals surface area contributed by atoms with Crippen LogP contribution in [-0.4, -0.2) is 15.0 Å². The van der Waals surface area contributed by atoms with Gasteiger partial charge in [0.1, 0.15) is 0 Å². The summed E-state index contributed by atoms with van der Waals surface area (Å²) >= 11 is 0. The van der Waals surface area contributed by atoms with Gasteiger partial charge in [0.2, 0.25) is 0 Å². The van der Waals surface area contributed by atoms with Crippen molar-refractivity contribution in [1.82, 2.24) is 15.0 Å². The third-order valence-corrected chi connectivity index (χ3v) is 5.06. The van der Waals surface area contributed by atoms with E-state index in [9.17, 15) is 0 Å². The van der Waals surface area contributed by atoms with E-state index in [1.807, 2.05) is 48.7 Å². The molecule has 3 nitrogen and oxygen atoms in total. The average Bonchev–Trinajstić information content (AvgIpc) is 2.87. The van der Waals surface area contributed by atoms with Crippen molar-refractivity contribution >= 4 is 11.0 Å². The molecule has 1 aliphatic carbocycles. The van der Waals surface area contributed by atoms with Gasteiger partial charge in [0, 0.05) is 22.7 Å². The molecule has 0 fully saturated rings. The first-order valence-electron chi connectivity index (χ1n) is 8.48. The summed E-state index contributed by atoms with van der Waals surface area (Å²) in [6.45, 7) is 4.40. The van der Waals surface area contributed by atoms with Gasteiger partial charge in [-0.1, -0.05) is 42.5 Å². The van der Waals surface area contributed by atoms with E-state index in [0.29, 0.717) is 0 Å². The first-order valence-corrected chi connectivity index (χ1v) is 8.48. The number of fused-ring (bicyclic) bond motifs is 4. The molecule has 0 spiro atoms. The number of nitrogens with zero attached hydrogens (tertiary/aromatic N) is 3. The minimum Gasteiger partial charge on any atom is -0.256 e. The first-order chi connectivity index (χ1) is 12.1. The summed E-state index contributed by atoms with van der Waals surface area (Å²) in [5.41, 5.74) is 8.13. The second kappa shape index (κ2) is 4.96. The molecule has 2 aromatic carbocycles. The van der Waals surface area contributed by atoms with E-state index in [1.165, 1.54) is 5.56 Å². The molecular weight excluding hydrogens is 306 g/mol. The molecule has 1 aliphatic rings. The van der Waals surface area contributed by atoms with Crippen LogP contribution in [0.5, 0.6) is 0 Å². The lowest BCUT2D eigenvalue weighted by Gasteiger charge is -2.19. The van der Waals surface area contributed by atoms with Gasteiger partial charge in [-0.25, -0.2) is 9.97 Å². The maximum absolute atomic E-state index is 4.94. The van der Waals surface area contributed by atoms with Crippen molar-refractivity contribution < 1.29 is 0 Å². The maximum atomic E-state index is 4.94. The van der Waals surface area contributed by atoms with Gasteiger partial charge in [0.05, 0.1) is 28.1 Å².